The van der Waals surface area contributed by atoms with Crippen LogP contribution in [0.4, 0.5) is 21.9 Å². The van der Waals surface area contributed by atoms with E-state index in [9.17, 15) is 9.59 Å². The van der Waals surface area contributed by atoms with E-state index in [2.05, 4.69) is 45.1 Å². The van der Waals surface area contributed by atoms with Crippen LogP contribution < -0.4 is 20.9 Å². The van der Waals surface area contributed by atoms with Gasteiger partial charge in [0, 0.05) is 41.2 Å². The Kier molecular flexibility index (Phi) is 6.16. The Hall–Kier alpha value is -3.51. The fraction of sp³-hybridized carbons (Fsp3) is 0.259. The summed E-state index contributed by atoms with van der Waals surface area (Å²) in [6.45, 7) is 3.49. The molecule has 0 bridgehead atoms. The molecule has 3 N–H and O–H groups in total. The Bertz CT molecular complexity index is 1260. The molecule has 0 atom stereocenters. The summed E-state index contributed by atoms with van der Waals surface area (Å²) in [4.78, 5) is 28.0. The van der Waals surface area contributed by atoms with E-state index in [4.69, 9.17) is 11.6 Å². The Balaban J connectivity index is 1.37. The van der Waals surface area contributed by atoms with Gasteiger partial charge in [-0.3, -0.25) is 4.79 Å². The highest BCUT2D eigenvalue weighted by atomic mass is 35.5. The fourth-order valence-electron chi connectivity index (χ4n) is 4.23. The van der Waals surface area contributed by atoms with Crippen molar-refractivity contribution in [2.45, 2.75) is 38.8 Å². The third kappa shape index (κ3) is 5.02. The number of rotatable bonds is 5. The molecule has 0 radical (unpaired) electrons. The average molecular weight is 475 g/mol. The maximum Gasteiger partial charge on any atom is 0.323 e. The number of carbonyl (C=O) groups is 2. The van der Waals surface area contributed by atoms with E-state index in [0.29, 0.717) is 22.0 Å². The van der Waals surface area contributed by atoms with Gasteiger partial charge in [0.25, 0.3) is 5.91 Å². The van der Waals surface area contributed by atoms with Gasteiger partial charge in [0.2, 0.25) is 0 Å². The van der Waals surface area contributed by atoms with Gasteiger partial charge in [-0.25, -0.2) is 4.79 Å². The molecular formula is C27H27ClN4O2. The number of halogens is 1. The van der Waals surface area contributed by atoms with Crippen molar-refractivity contribution in [3.8, 4) is 0 Å². The summed E-state index contributed by atoms with van der Waals surface area (Å²) in [7, 11) is 0. The lowest BCUT2D eigenvalue weighted by Crippen LogP contribution is -2.33. The van der Waals surface area contributed by atoms with Crippen molar-refractivity contribution in [2.75, 3.05) is 22.1 Å². The van der Waals surface area contributed by atoms with Crippen LogP contribution in [0.5, 0.6) is 0 Å². The molecular weight excluding hydrogens is 448 g/mol. The van der Waals surface area contributed by atoms with Crippen molar-refractivity contribution in [3.63, 3.8) is 0 Å². The maximum absolute atomic E-state index is 13.1. The number of carbonyl (C=O) groups excluding carboxylic acids is 2. The van der Waals surface area contributed by atoms with Crippen LogP contribution in [0.3, 0.4) is 0 Å². The highest BCUT2D eigenvalue weighted by Gasteiger charge is 2.27. The van der Waals surface area contributed by atoms with Crippen molar-refractivity contribution in [1.82, 2.24) is 5.32 Å². The van der Waals surface area contributed by atoms with E-state index in [0.717, 1.165) is 43.6 Å². The molecule has 0 unspecified atom stereocenters. The third-order valence-electron chi connectivity index (χ3n) is 6.31. The third-order valence-corrected chi connectivity index (χ3v) is 6.72. The van der Waals surface area contributed by atoms with Crippen LogP contribution in [0, 0.1) is 6.92 Å². The standard InChI is InChI=1S/C27H27ClN4O2/c1-17-6-7-22(15-24(17)28)31-27(34)30-21-10-11-25(23(14-21)26(33)29-20-8-9-20)32-13-12-18-4-2-3-5-19(18)16-32/h2-7,10-11,14-15,20H,8-9,12-13,16H2,1H3,(H,29,33)(H2,30,31,34). The average Bonchev–Trinajstić information content (AvgIpc) is 3.65. The second kappa shape index (κ2) is 9.39. The minimum absolute atomic E-state index is 0.106. The number of urea groups is 1. The quantitative estimate of drug-likeness (QED) is 0.441. The lowest BCUT2D eigenvalue weighted by atomic mass is 9.98. The number of hydrogen-bond acceptors (Lipinski definition) is 3. The smallest absolute Gasteiger partial charge is 0.323 e. The molecule has 34 heavy (non-hydrogen) atoms. The van der Waals surface area contributed by atoms with Gasteiger partial charge in [0.1, 0.15) is 0 Å². The van der Waals surface area contributed by atoms with Crippen LogP contribution in [0.2, 0.25) is 5.02 Å². The largest absolute Gasteiger partial charge is 0.366 e. The molecule has 3 aromatic rings. The van der Waals surface area contributed by atoms with E-state index in [1.807, 2.05) is 25.1 Å². The van der Waals surface area contributed by atoms with E-state index >= 15 is 0 Å². The second-order valence-electron chi connectivity index (χ2n) is 8.96. The summed E-state index contributed by atoms with van der Waals surface area (Å²) in [5.41, 5.74) is 6.18. The minimum Gasteiger partial charge on any atom is -0.366 e. The zero-order valence-electron chi connectivity index (χ0n) is 19.0. The number of anilines is 3. The highest BCUT2D eigenvalue weighted by molar-refractivity contribution is 6.31. The normalized spacial score (nSPS) is 14.8. The maximum atomic E-state index is 13.1. The van der Waals surface area contributed by atoms with Gasteiger partial charge in [-0.2, -0.15) is 0 Å². The first-order valence-electron chi connectivity index (χ1n) is 11.6. The van der Waals surface area contributed by atoms with Crippen LogP contribution in [0.15, 0.2) is 60.7 Å². The first kappa shape index (κ1) is 22.3. The number of nitrogens with zero attached hydrogens (tertiary/aromatic N) is 1. The molecule has 6 nitrogen and oxygen atoms in total. The molecule has 3 amide bonds. The van der Waals surface area contributed by atoms with Gasteiger partial charge in [0.05, 0.1) is 5.56 Å². The molecule has 1 fully saturated rings. The number of aryl methyl sites for hydroxylation is 1. The monoisotopic (exact) mass is 474 g/mol. The molecule has 5 rings (SSSR count). The summed E-state index contributed by atoms with van der Waals surface area (Å²) < 4.78 is 0. The zero-order valence-corrected chi connectivity index (χ0v) is 19.8. The minimum atomic E-state index is -0.395. The number of hydrogen-bond donors (Lipinski definition) is 3. The van der Waals surface area contributed by atoms with Crippen molar-refractivity contribution >= 4 is 40.6 Å². The first-order chi connectivity index (χ1) is 16.5. The fourth-order valence-corrected chi connectivity index (χ4v) is 4.41. The van der Waals surface area contributed by atoms with Gasteiger partial charge in [-0.05, 0) is 73.2 Å². The van der Waals surface area contributed by atoms with Gasteiger partial charge in [0.15, 0.2) is 0 Å². The van der Waals surface area contributed by atoms with Gasteiger partial charge < -0.3 is 20.9 Å². The van der Waals surface area contributed by atoms with Gasteiger partial charge in [-0.15, -0.1) is 0 Å². The van der Waals surface area contributed by atoms with E-state index in [1.54, 1.807) is 18.2 Å². The van der Waals surface area contributed by atoms with Crippen molar-refractivity contribution in [3.05, 3.63) is 87.9 Å². The molecule has 1 saturated carbocycles. The highest BCUT2D eigenvalue weighted by Crippen LogP contribution is 2.31. The molecule has 3 aromatic carbocycles. The lowest BCUT2D eigenvalue weighted by Gasteiger charge is -2.32. The molecule has 7 heteroatoms. The van der Waals surface area contributed by atoms with Crippen LogP contribution in [-0.4, -0.2) is 24.5 Å². The van der Waals surface area contributed by atoms with Gasteiger partial charge >= 0.3 is 6.03 Å². The number of benzene rings is 3. The van der Waals surface area contributed by atoms with Crippen LogP contribution in [0.1, 0.15) is 39.9 Å². The Labute approximate surface area is 204 Å². The van der Waals surface area contributed by atoms with Crippen LogP contribution >= 0.6 is 11.6 Å². The summed E-state index contributed by atoms with van der Waals surface area (Å²) in [5, 5.41) is 9.32. The molecule has 2 aliphatic rings. The first-order valence-corrected chi connectivity index (χ1v) is 11.9. The summed E-state index contributed by atoms with van der Waals surface area (Å²) in [6.07, 6.45) is 2.95. The topological polar surface area (TPSA) is 73.5 Å². The molecule has 0 aromatic heterocycles. The lowest BCUT2D eigenvalue weighted by molar-refractivity contribution is 0.0951. The number of amides is 3. The van der Waals surface area contributed by atoms with E-state index in [-0.39, 0.29) is 11.9 Å². The Morgan fingerprint density at radius 1 is 0.941 bits per heavy atom. The Morgan fingerprint density at radius 2 is 1.65 bits per heavy atom. The SMILES string of the molecule is Cc1ccc(NC(=O)Nc2ccc(N3CCc4ccccc4C3)c(C(=O)NC3CC3)c2)cc1Cl. The number of nitrogens with one attached hydrogen (secondary N) is 3. The molecule has 174 valence electrons. The van der Waals surface area contributed by atoms with E-state index < -0.39 is 6.03 Å². The second-order valence-corrected chi connectivity index (χ2v) is 9.37. The summed E-state index contributed by atoms with van der Waals surface area (Å²) in [6, 6.07) is 19.2. The zero-order chi connectivity index (χ0) is 23.7. The van der Waals surface area contributed by atoms with Crippen molar-refractivity contribution in [2.24, 2.45) is 0 Å². The van der Waals surface area contributed by atoms with E-state index in [1.165, 1.54) is 11.1 Å². The molecule has 1 heterocycles. The molecule has 0 spiro atoms. The van der Waals surface area contributed by atoms with Crippen LogP contribution in [0.25, 0.3) is 0 Å². The summed E-state index contributed by atoms with van der Waals surface area (Å²) in [5.74, 6) is -0.106. The predicted molar refractivity (Wildman–Crippen MR) is 137 cm³/mol. The number of fused-ring (bicyclic) bond motifs is 1. The van der Waals surface area contributed by atoms with Gasteiger partial charge in [-0.1, -0.05) is 41.9 Å². The molecule has 1 aliphatic carbocycles. The van der Waals surface area contributed by atoms with Crippen molar-refractivity contribution in [1.29, 1.82) is 0 Å². The predicted octanol–water partition coefficient (Wildman–Crippen LogP) is 5.75. The molecule has 1 aliphatic heterocycles. The molecule has 0 saturated heterocycles. The Morgan fingerprint density at radius 3 is 2.38 bits per heavy atom. The van der Waals surface area contributed by atoms with Crippen molar-refractivity contribution < 1.29 is 9.59 Å². The van der Waals surface area contributed by atoms with Crippen LogP contribution in [-0.2, 0) is 13.0 Å². The summed E-state index contributed by atoms with van der Waals surface area (Å²) >= 11 is 6.16.